The fourth-order valence-electron chi connectivity index (χ4n) is 0.877. The Morgan fingerprint density at radius 2 is 2.08 bits per heavy atom. The predicted octanol–water partition coefficient (Wildman–Crippen LogP) is 1.32. The molecule has 66 valence electrons. The van der Waals surface area contributed by atoms with Gasteiger partial charge in [-0.1, -0.05) is 0 Å². The number of hydrogen-bond donors (Lipinski definition) is 1. The first kappa shape index (κ1) is 8.93. The Hall–Kier alpha value is -1.16. The van der Waals surface area contributed by atoms with Gasteiger partial charge in [0.1, 0.15) is 11.6 Å². The third kappa shape index (κ3) is 1.71. The summed E-state index contributed by atoms with van der Waals surface area (Å²) in [5.41, 5.74) is 5.44. The molecule has 1 aromatic carbocycles. The van der Waals surface area contributed by atoms with Gasteiger partial charge in [-0.15, -0.1) is 0 Å². The number of nitrogens with two attached hydrogens (primary N) is 1. The average molecular weight is 172 g/mol. The number of rotatable bonds is 2. The zero-order chi connectivity index (χ0) is 9.14. The van der Waals surface area contributed by atoms with E-state index in [9.17, 15) is 8.78 Å². The maximum Gasteiger partial charge on any atom is 0.146 e. The summed E-state index contributed by atoms with van der Waals surface area (Å²) >= 11 is 0. The van der Waals surface area contributed by atoms with Crippen LogP contribution >= 0.6 is 0 Å². The number of anilines is 1. The van der Waals surface area contributed by atoms with E-state index in [1.165, 1.54) is 4.90 Å². The highest BCUT2D eigenvalue weighted by Gasteiger charge is 2.06. The Morgan fingerprint density at radius 3 is 2.67 bits per heavy atom. The minimum Gasteiger partial charge on any atom is -0.360 e. The van der Waals surface area contributed by atoms with Crippen LogP contribution in [0.25, 0.3) is 0 Å². The Morgan fingerprint density at radius 1 is 1.42 bits per heavy atom. The lowest BCUT2D eigenvalue weighted by Gasteiger charge is -2.16. The monoisotopic (exact) mass is 172 g/mol. The number of halogens is 2. The van der Waals surface area contributed by atoms with Crippen LogP contribution in [0.4, 0.5) is 14.5 Å². The van der Waals surface area contributed by atoms with E-state index in [-0.39, 0.29) is 12.4 Å². The molecule has 4 heteroatoms. The first-order valence-corrected chi connectivity index (χ1v) is 3.51. The van der Waals surface area contributed by atoms with Crippen molar-refractivity contribution in [3.63, 3.8) is 0 Å². The van der Waals surface area contributed by atoms with Gasteiger partial charge in [0.15, 0.2) is 0 Å². The quantitative estimate of drug-likeness (QED) is 0.681. The molecule has 2 N–H and O–H groups in total. The minimum atomic E-state index is -0.468. The van der Waals surface area contributed by atoms with Crippen molar-refractivity contribution in [3.05, 3.63) is 29.8 Å². The molecule has 0 spiro atoms. The molecule has 2 nitrogen and oxygen atoms in total. The molecular formula is C8H10F2N2. The van der Waals surface area contributed by atoms with Gasteiger partial charge in [0.2, 0.25) is 0 Å². The van der Waals surface area contributed by atoms with Gasteiger partial charge in [0.25, 0.3) is 0 Å². The van der Waals surface area contributed by atoms with Crippen LogP contribution in [0.1, 0.15) is 0 Å². The molecule has 0 unspecified atom stereocenters. The fraction of sp³-hybridized carbons (Fsp3) is 0.250. The van der Waals surface area contributed by atoms with E-state index in [2.05, 4.69) is 0 Å². The van der Waals surface area contributed by atoms with E-state index in [1.807, 2.05) is 0 Å². The second-order valence-corrected chi connectivity index (χ2v) is 2.48. The van der Waals surface area contributed by atoms with Crippen molar-refractivity contribution in [2.24, 2.45) is 5.73 Å². The number of hydrogen-bond acceptors (Lipinski definition) is 2. The second kappa shape index (κ2) is 3.49. The molecule has 0 radical (unpaired) electrons. The van der Waals surface area contributed by atoms with Crippen molar-refractivity contribution in [2.75, 3.05) is 18.6 Å². The Bertz CT molecular complexity index is 276. The molecule has 1 aromatic rings. The zero-order valence-electron chi connectivity index (χ0n) is 6.72. The smallest absolute Gasteiger partial charge is 0.146 e. The lowest BCUT2D eigenvalue weighted by Crippen LogP contribution is -2.25. The molecule has 0 saturated carbocycles. The summed E-state index contributed by atoms with van der Waals surface area (Å²) in [7, 11) is 1.60. The molecule has 0 amide bonds. The van der Waals surface area contributed by atoms with Gasteiger partial charge in [-0.05, 0) is 12.1 Å². The Balaban J connectivity index is 3.04. The summed E-state index contributed by atoms with van der Waals surface area (Å²) in [5.74, 6) is -0.934. The predicted molar refractivity (Wildman–Crippen MR) is 43.8 cm³/mol. The van der Waals surface area contributed by atoms with Crippen molar-refractivity contribution in [3.8, 4) is 0 Å². The molecular weight excluding hydrogens is 162 g/mol. The summed E-state index contributed by atoms with van der Waals surface area (Å²) in [6, 6.07) is 3.27. The van der Waals surface area contributed by atoms with E-state index in [0.29, 0.717) is 0 Å². The number of benzene rings is 1. The van der Waals surface area contributed by atoms with Crippen molar-refractivity contribution in [1.82, 2.24) is 0 Å². The van der Waals surface area contributed by atoms with Crippen LogP contribution in [0, 0.1) is 11.6 Å². The zero-order valence-corrected chi connectivity index (χ0v) is 6.72. The van der Waals surface area contributed by atoms with Crippen LogP contribution in [0.5, 0.6) is 0 Å². The largest absolute Gasteiger partial charge is 0.360 e. The topological polar surface area (TPSA) is 29.3 Å². The molecule has 0 aliphatic carbocycles. The van der Waals surface area contributed by atoms with Crippen LogP contribution in [-0.4, -0.2) is 13.7 Å². The molecule has 0 aliphatic heterocycles. The van der Waals surface area contributed by atoms with Crippen LogP contribution in [0.3, 0.4) is 0 Å². The first-order chi connectivity index (χ1) is 5.65. The number of nitrogens with zero attached hydrogens (tertiary/aromatic N) is 1. The highest BCUT2D eigenvalue weighted by atomic mass is 19.1. The van der Waals surface area contributed by atoms with E-state index in [1.54, 1.807) is 7.05 Å². The van der Waals surface area contributed by atoms with Gasteiger partial charge >= 0.3 is 0 Å². The standard InChI is InChI=1S/C8H10F2N2/c1-12(5-11)8-4-6(9)2-3-7(8)10/h2-4H,5,11H2,1H3. The highest BCUT2D eigenvalue weighted by molar-refractivity contribution is 5.46. The van der Waals surface area contributed by atoms with E-state index in [4.69, 9.17) is 5.73 Å². The van der Waals surface area contributed by atoms with Crippen LogP contribution in [0.15, 0.2) is 18.2 Å². The van der Waals surface area contributed by atoms with Gasteiger partial charge in [0.05, 0.1) is 12.4 Å². The van der Waals surface area contributed by atoms with Crippen LogP contribution < -0.4 is 10.6 Å². The Kier molecular flexibility index (Phi) is 2.60. The highest BCUT2D eigenvalue weighted by Crippen LogP contribution is 2.17. The lowest BCUT2D eigenvalue weighted by molar-refractivity contribution is 0.597. The van der Waals surface area contributed by atoms with E-state index in [0.717, 1.165) is 18.2 Å². The molecule has 0 aliphatic rings. The summed E-state index contributed by atoms with van der Waals surface area (Å²) in [5, 5.41) is 0. The van der Waals surface area contributed by atoms with Gasteiger partial charge in [-0.25, -0.2) is 8.78 Å². The summed E-state index contributed by atoms with van der Waals surface area (Å²) < 4.78 is 25.6. The van der Waals surface area contributed by atoms with Crippen molar-refractivity contribution in [1.29, 1.82) is 0 Å². The van der Waals surface area contributed by atoms with Crippen LogP contribution in [0.2, 0.25) is 0 Å². The molecule has 1 rings (SSSR count). The first-order valence-electron chi connectivity index (χ1n) is 3.51. The molecule has 0 saturated heterocycles. The minimum absolute atomic E-state index is 0.153. The Labute approximate surface area is 69.6 Å². The summed E-state index contributed by atoms with van der Waals surface area (Å²) in [6.07, 6.45) is 0. The fourth-order valence-corrected chi connectivity index (χ4v) is 0.877. The van der Waals surface area contributed by atoms with Gasteiger partial charge in [-0.2, -0.15) is 0 Å². The maximum atomic E-state index is 12.9. The third-order valence-corrected chi connectivity index (χ3v) is 1.59. The van der Waals surface area contributed by atoms with E-state index < -0.39 is 11.6 Å². The third-order valence-electron chi connectivity index (χ3n) is 1.59. The van der Waals surface area contributed by atoms with Gasteiger partial charge < -0.3 is 10.6 Å². The van der Waals surface area contributed by atoms with E-state index >= 15 is 0 Å². The normalized spacial score (nSPS) is 10.0. The summed E-state index contributed by atoms with van der Waals surface area (Å²) in [4.78, 5) is 1.43. The summed E-state index contributed by atoms with van der Waals surface area (Å²) in [6.45, 7) is 0.153. The second-order valence-electron chi connectivity index (χ2n) is 2.48. The van der Waals surface area contributed by atoms with Crippen LogP contribution in [-0.2, 0) is 0 Å². The maximum absolute atomic E-state index is 12.9. The molecule has 0 heterocycles. The van der Waals surface area contributed by atoms with Crippen molar-refractivity contribution in [2.45, 2.75) is 0 Å². The average Bonchev–Trinajstić information content (AvgIpc) is 2.08. The lowest BCUT2D eigenvalue weighted by atomic mass is 10.3. The SMILES string of the molecule is CN(CN)c1cc(F)ccc1F. The van der Waals surface area contributed by atoms with Gasteiger partial charge in [0, 0.05) is 13.1 Å². The molecule has 0 atom stereocenters. The van der Waals surface area contributed by atoms with Crippen molar-refractivity contribution >= 4 is 5.69 Å². The van der Waals surface area contributed by atoms with Gasteiger partial charge in [-0.3, -0.25) is 0 Å². The molecule has 0 fully saturated rings. The molecule has 0 bridgehead atoms. The molecule has 12 heavy (non-hydrogen) atoms. The molecule has 0 aromatic heterocycles. The van der Waals surface area contributed by atoms with Crippen molar-refractivity contribution < 1.29 is 8.78 Å².